The number of carboxylic acid groups (broad SMARTS) is 1. The second-order valence-corrected chi connectivity index (χ2v) is 4.11. The molecule has 0 heterocycles. The van der Waals surface area contributed by atoms with Crippen molar-refractivity contribution in [2.75, 3.05) is 0 Å². The molecule has 0 saturated heterocycles. The molecule has 0 fully saturated rings. The van der Waals surface area contributed by atoms with Crippen molar-refractivity contribution in [1.82, 2.24) is 0 Å². The Labute approximate surface area is 90.9 Å². The molecule has 0 spiro atoms. The summed E-state index contributed by atoms with van der Waals surface area (Å²) in [6.45, 7) is 4.38. The molecule has 0 bridgehead atoms. The van der Waals surface area contributed by atoms with Crippen LogP contribution < -0.4 is 0 Å². The van der Waals surface area contributed by atoms with Crippen molar-refractivity contribution in [3.8, 4) is 0 Å². The van der Waals surface area contributed by atoms with Crippen LogP contribution in [0.1, 0.15) is 31.4 Å². The highest BCUT2D eigenvalue weighted by Crippen LogP contribution is 2.13. The minimum absolute atomic E-state index is 0.119. The van der Waals surface area contributed by atoms with Crippen molar-refractivity contribution in [1.29, 1.82) is 0 Å². The fourth-order valence-electron chi connectivity index (χ4n) is 1.59. The topological polar surface area (TPSA) is 37.3 Å². The van der Waals surface area contributed by atoms with Gasteiger partial charge in [-0.3, -0.25) is 4.79 Å². The molecule has 82 valence electrons. The summed E-state index contributed by atoms with van der Waals surface area (Å²) in [4.78, 5) is 10.6. The first kappa shape index (κ1) is 11.8. The predicted octanol–water partition coefficient (Wildman–Crippen LogP) is 2.90. The first-order valence-corrected chi connectivity index (χ1v) is 5.41. The van der Waals surface area contributed by atoms with Gasteiger partial charge in [-0.05, 0) is 23.5 Å². The van der Waals surface area contributed by atoms with Crippen molar-refractivity contribution >= 4 is 5.97 Å². The van der Waals surface area contributed by atoms with E-state index in [1.54, 1.807) is 0 Å². The zero-order valence-corrected chi connectivity index (χ0v) is 9.36. The Kier molecular flexibility index (Phi) is 4.35. The molecule has 1 aromatic rings. The van der Waals surface area contributed by atoms with E-state index in [4.69, 9.17) is 5.11 Å². The number of hydrogen-bond acceptors (Lipinski definition) is 1. The van der Waals surface area contributed by atoms with Crippen LogP contribution in [-0.2, 0) is 17.6 Å². The van der Waals surface area contributed by atoms with Crippen LogP contribution in [0.25, 0.3) is 0 Å². The van der Waals surface area contributed by atoms with Gasteiger partial charge in [0.05, 0.1) is 6.42 Å². The molecule has 0 saturated carbocycles. The van der Waals surface area contributed by atoms with Gasteiger partial charge in [0.2, 0.25) is 0 Å². The molecule has 0 aromatic heterocycles. The zero-order valence-electron chi connectivity index (χ0n) is 9.36. The molecule has 1 aromatic carbocycles. The van der Waals surface area contributed by atoms with Gasteiger partial charge in [-0.25, -0.2) is 0 Å². The Hall–Kier alpha value is -1.31. The minimum atomic E-state index is -0.768. The van der Waals surface area contributed by atoms with Gasteiger partial charge in [0.25, 0.3) is 0 Å². The summed E-state index contributed by atoms with van der Waals surface area (Å²) in [5, 5.41) is 8.69. The molecular weight excluding hydrogens is 188 g/mol. The van der Waals surface area contributed by atoms with Crippen molar-refractivity contribution in [2.45, 2.75) is 33.1 Å². The van der Waals surface area contributed by atoms with Crippen LogP contribution in [0.3, 0.4) is 0 Å². The molecule has 15 heavy (non-hydrogen) atoms. The van der Waals surface area contributed by atoms with E-state index in [0.717, 1.165) is 18.4 Å². The third kappa shape index (κ3) is 4.15. The molecule has 0 amide bonds. The van der Waals surface area contributed by atoms with Gasteiger partial charge in [-0.2, -0.15) is 0 Å². The Bertz CT molecular complexity index is 331. The van der Waals surface area contributed by atoms with E-state index in [1.165, 1.54) is 5.56 Å². The van der Waals surface area contributed by atoms with Crippen LogP contribution in [0, 0.1) is 5.92 Å². The van der Waals surface area contributed by atoms with Gasteiger partial charge in [-0.15, -0.1) is 0 Å². The highest BCUT2D eigenvalue weighted by atomic mass is 16.4. The normalized spacial score (nSPS) is 12.4. The highest BCUT2D eigenvalue weighted by Gasteiger charge is 2.04. The number of carbonyl (C=O) groups is 1. The van der Waals surface area contributed by atoms with Crippen molar-refractivity contribution in [3.05, 3.63) is 35.4 Å². The van der Waals surface area contributed by atoms with Crippen molar-refractivity contribution in [3.63, 3.8) is 0 Å². The third-order valence-corrected chi connectivity index (χ3v) is 2.63. The van der Waals surface area contributed by atoms with Crippen LogP contribution in [0.5, 0.6) is 0 Å². The van der Waals surface area contributed by atoms with Crippen LogP contribution in [0.4, 0.5) is 0 Å². The van der Waals surface area contributed by atoms with Gasteiger partial charge in [0, 0.05) is 0 Å². The summed E-state index contributed by atoms with van der Waals surface area (Å²) in [5.41, 5.74) is 2.13. The van der Waals surface area contributed by atoms with Gasteiger partial charge >= 0.3 is 5.97 Å². The Morgan fingerprint density at radius 3 is 2.67 bits per heavy atom. The number of hydrogen-bond donors (Lipinski definition) is 1. The second kappa shape index (κ2) is 5.54. The second-order valence-electron chi connectivity index (χ2n) is 4.11. The Morgan fingerprint density at radius 1 is 1.40 bits per heavy atom. The van der Waals surface area contributed by atoms with Gasteiger partial charge in [-0.1, -0.05) is 44.5 Å². The highest BCUT2D eigenvalue weighted by molar-refractivity contribution is 5.70. The molecular formula is C13H18O2. The van der Waals surface area contributed by atoms with Crippen LogP contribution in [-0.4, -0.2) is 11.1 Å². The molecule has 0 radical (unpaired) electrons. The van der Waals surface area contributed by atoms with E-state index in [0.29, 0.717) is 5.92 Å². The molecule has 0 aliphatic heterocycles. The maximum Gasteiger partial charge on any atom is 0.307 e. The van der Waals surface area contributed by atoms with Gasteiger partial charge in [0.1, 0.15) is 0 Å². The number of carboxylic acids is 1. The third-order valence-electron chi connectivity index (χ3n) is 2.63. The quantitative estimate of drug-likeness (QED) is 0.804. The van der Waals surface area contributed by atoms with E-state index in [9.17, 15) is 4.79 Å². The summed E-state index contributed by atoms with van der Waals surface area (Å²) in [6.07, 6.45) is 2.31. The monoisotopic (exact) mass is 206 g/mol. The molecule has 0 aliphatic carbocycles. The van der Waals surface area contributed by atoms with Crippen molar-refractivity contribution in [2.24, 2.45) is 5.92 Å². The summed E-state index contributed by atoms with van der Waals surface area (Å²) in [6, 6.07) is 7.88. The first-order valence-electron chi connectivity index (χ1n) is 5.41. The lowest BCUT2D eigenvalue weighted by atomic mass is 9.97. The molecule has 1 unspecified atom stereocenters. The Morgan fingerprint density at radius 2 is 2.07 bits per heavy atom. The van der Waals surface area contributed by atoms with E-state index in [1.807, 2.05) is 18.2 Å². The van der Waals surface area contributed by atoms with Crippen molar-refractivity contribution < 1.29 is 9.90 Å². The summed E-state index contributed by atoms with van der Waals surface area (Å²) in [5.74, 6) is -0.110. The SMILES string of the molecule is CCC(C)Cc1cccc(CC(=O)O)c1. The average Bonchev–Trinajstić information content (AvgIpc) is 2.17. The number of benzene rings is 1. The lowest BCUT2D eigenvalue weighted by Crippen LogP contribution is -2.02. The van der Waals surface area contributed by atoms with Crippen LogP contribution >= 0.6 is 0 Å². The molecule has 1 atom stereocenters. The standard InChI is InChI=1S/C13H18O2/c1-3-10(2)7-11-5-4-6-12(8-11)9-13(14)15/h4-6,8,10H,3,7,9H2,1-2H3,(H,14,15). The lowest BCUT2D eigenvalue weighted by molar-refractivity contribution is -0.136. The predicted molar refractivity (Wildman–Crippen MR) is 60.9 cm³/mol. The van der Waals surface area contributed by atoms with Gasteiger partial charge in [0.15, 0.2) is 0 Å². The molecule has 0 aliphatic rings. The van der Waals surface area contributed by atoms with Crippen LogP contribution in [0.15, 0.2) is 24.3 Å². The maximum atomic E-state index is 10.6. The molecule has 2 nitrogen and oxygen atoms in total. The minimum Gasteiger partial charge on any atom is -0.481 e. The average molecular weight is 206 g/mol. The number of aliphatic carboxylic acids is 1. The Balaban J connectivity index is 2.69. The maximum absolute atomic E-state index is 10.6. The van der Waals surface area contributed by atoms with E-state index in [2.05, 4.69) is 19.9 Å². The summed E-state index contributed by atoms with van der Waals surface area (Å²) >= 11 is 0. The number of rotatable bonds is 5. The summed E-state index contributed by atoms with van der Waals surface area (Å²) < 4.78 is 0. The fraction of sp³-hybridized carbons (Fsp3) is 0.462. The van der Waals surface area contributed by atoms with E-state index >= 15 is 0 Å². The smallest absolute Gasteiger partial charge is 0.307 e. The fourth-order valence-corrected chi connectivity index (χ4v) is 1.59. The van der Waals surface area contributed by atoms with Crippen LogP contribution in [0.2, 0.25) is 0 Å². The van der Waals surface area contributed by atoms with Gasteiger partial charge < -0.3 is 5.11 Å². The van der Waals surface area contributed by atoms with E-state index in [-0.39, 0.29) is 6.42 Å². The molecule has 1 N–H and O–H groups in total. The lowest BCUT2D eigenvalue weighted by Gasteiger charge is -2.09. The molecule has 2 heteroatoms. The zero-order chi connectivity index (χ0) is 11.3. The first-order chi connectivity index (χ1) is 7.11. The molecule has 1 rings (SSSR count). The largest absolute Gasteiger partial charge is 0.481 e. The van der Waals surface area contributed by atoms with E-state index < -0.39 is 5.97 Å². The summed E-state index contributed by atoms with van der Waals surface area (Å²) in [7, 11) is 0.